The van der Waals surface area contributed by atoms with Gasteiger partial charge in [0.1, 0.15) is 6.04 Å². The van der Waals surface area contributed by atoms with Crippen LogP contribution in [-0.2, 0) is 14.3 Å². The molecule has 2 aromatic rings. The molecule has 30 heavy (non-hydrogen) atoms. The van der Waals surface area contributed by atoms with Gasteiger partial charge in [0.2, 0.25) is 5.91 Å². The summed E-state index contributed by atoms with van der Waals surface area (Å²) in [5, 5.41) is 3.18. The number of imide groups is 1. The molecule has 0 saturated carbocycles. The molecule has 4 rings (SSSR count). The molecule has 1 atom stereocenters. The van der Waals surface area contributed by atoms with Crippen molar-refractivity contribution in [3.05, 3.63) is 54.1 Å². The number of rotatable bonds is 5. The van der Waals surface area contributed by atoms with Gasteiger partial charge in [-0.3, -0.25) is 9.59 Å². The van der Waals surface area contributed by atoms with E-state index < -0.39 is 12.0 Å². The van der Waals surface area contributed by atoms with E-state index in [2.05, 4.69) is 27.1 Å². The van der Waals surface area contributed by atoms with Crippen molar-refractivity contribution in [2.75, 3.05) is 35.3 Å². The van der Waals surface area contributed by atoms with Crippen LogP contribution in [0.4, 0.5) is 17.1 Å². The molecule has 0 radical (unpaired) electrons. The standard InChI is InChI=1S/C23H25N3O4/c1-30-23(29)16-5-9-19(10-6-16)26-21(27)15-20(22(26)28)24-17-7-11-18(12-8-17)25-13-3-2-4-14-25/h5-12,20,24H,2-4,13-15H2,1H3/t20-/m0/s1. The summed E-state index contributed by atoms with van der Waals surface area (Å²) in [6.07, 6.45) is 3.81. The molecule has 2 saturated heterocycles. The van der Waals surface area contributed by atoms with E-state index in [1.54, 1.807) is 24.3 Å². The van der Waals surface area contributed by atoms with Crippen LogP contribution in [0.1, 0.15) is 36.0 Å². The molecule has 0 spiro atoms. The molecule has 0 bridgehead atoms. The van der Waals surface area contributed by atoms with Gasteiger partial charge >= 0.3 is 5.97 Å². The molecule has 2 aliphatic heterocycles. The van der Waals surface area contributed by atoms with Gasteiger partial charge < -0.3 is 15.0 Å². The van der Waals surface area contributed by atoms with Crippen molar-refractivity contribution < 1.29 is 19.1 Å². The Morgan fingerprint density at radius 2 is 1.57 bits per heavy atom. The Morgan fingerprint density at radius 1 is 0.933 bits per heavy atom. The second-order valence-corrected chi connectivity index (χ2v) is 7.60. The summed E-state index contributed by atoms with van der Waals surface area (Å²) >= 11 is 0. The van der Waals surface area contributed by atoms with Crippen molar-refractivity contribution in [2.45, 2.75) is 31.7 Å². The Balaban J connectivity index is 1.43. The Hall–Kier alpha value is -3.35. The monoisotopic (exact) mass is 407 g/mol. The summed E-state index contributed by atoms with van der Waals surface area (Å²) in [5.74, 6) is -1.03. The smallest absolute Gasteiger partial charge is 0.337 e. The number of nitrogens with one attached hydrogen (secondary N) is 1. The molecule has 1 N–H and O–H groups in total. The van der Waals surface area contributed by atoms with Crippen LogP contribution >= 0.6 is 0 Å². The molecule has 2 heterocycles. The largest absolute Gasteiger partial charge is 0.465 e. The molecule has 2 aromatic carbocycles. The first-order chi connectivity index (χ1) is 14.6. The maximum Gasteiger partial charge on any atom is 0.337 e. The summed E-state index contributed by atoms with van der Waals surface area (Å²) in [4.78, 5) is 40.5. The molecule has 2 amide bonds. The molecular weight excluding hydrogens is 382 g/mol. The van der Waals surface area contributed by atoms with Gasteiger partial charge in [-0.05, 0) is 67.8 Å². The Bertz CT molecular complexity index is 934. The first-order valence-electron chi connectivity index (χ1n) is 10.2. The third kappa shape index (κ3) is 4.01. The van der Waals surface area contributed by atoms with E-state index in [1.807, 2.05) is 12.1 Å². The molecule has 156 valence electrons. The van der Waals surface area contributed by atoms with Crippen molar-refractivity contribution in [2.24, 2.45) is 0 Å². The third-order valence-electron chi connectivity index (χ3n) is 5.62. The third-order valence-corrected chi connectivity index (χ3v) is 5.62. The van der Waals surface area contributed by atoms with Gasteiger partial charge in [-0.1, -0.05) is 0 Å². The van der Waals surface area contributed by atoms with E-state index in [0.29, 0.717) is 11.3 Å². The number of nitrogens with zero attached hydrogens (tertiary/aromatic N) is 2. The van der Waals surface area contributed by atoms with Gasteiger partial charge in [0.05, 0.1) is 24.8 Å². The SMILES string of the molecule is COC(=O)c1ccc(N2C(=O)C[C@H](Nc3ccc(N4CCCCC4)cc3)C2=O)cc1. The molecular formula is C23H25N3O4. The quantitative estimate of drug-likeness (QED) is 0.606. The van der Waals surface area contributed by atoms with Crippen molar-refractivity contribution in [3.63, 3.8) is 0 Å². The maximum atomic E-state index is 12.9. The minimum Gasteiger partial charge on any atom is -0.465 e. The number of esters is 1. The molecule has 7 heteroatoms. The number of hydrogen-bond acceptors (Lipinski definition) is 6. The highest BCUT2D eigenvalue weighted by atomic mass is 16.5. The van der Waals surface area contributed by atoms with E-state index in [1.165, 1.54) is 37.0 Å². The highest BCUT2D eigenvalue weighted by molar-refractivity contribution is 6.23. The van der Waals surface area contributed by atoms with Gasteiger partial charge in [-0.25, -0.2) is 9.69 Å². The number of amides is 2. The van der Waals surface area contributed by atoms with Crippen molar-refractivity contribution in [3.8, 4) is 0 Å². The highest BCUT2D eigenvalue weighted by Gasteiger charge is 2.39. The second kappa shape index (κ2) is 8.57. The zero-order valence-corrected chi connectivity index (χ0v) is 17.0. The summed E-state index contributed by atoms with van der Waals surface area (Å²) in [5.41, 5.74) is 2.80. The van der Waals surface area contributed by atoms with Crippen molar-refractivity contribution in [1.82, 2.24) is 0 Å². The molecule has 2 aliphatic rings. The Kier molecular flexibility index (Phi) is 5.70. The minimum atomic E-state index is -0.612. The summed E-state index contributed by atoms with van der Waals surface area (Å²) in [6, 6.07) is 13.7. The second-order valence-electron chi connectivity index (χ2n) is 7.60. The first-order valence-corrected chi connectivity index (χ1v) is 10.2. The molecule has 0 aliphatic carbocycles. The van der Waals surface area contributed by atoms with Crippen LogP contribution in [0.25, 0.3) is 0 Å². The number of piperidine rings is 1. The molecule has 0 aromatic heterocycles. The fourth-order valence-electron chi connectivity index (χ4n) is 4.00. The number of carbonyl (C=O) groups excluding carboxylic acids is 3. The van der Waals surface area contributed by atoms with Crippen molar-refractivity contribution in [1.29, 1.82) is 0 Å². The molecule has 2 fully saturated rings. The predicted octanol–water partition coefficient (Wildman–Crippen LogP) is 3.21. The normalized spacial score (nSPS) is 19.2. The topological polar surface area (TPSA) is 79.0 Å². The van der Waals surface area contributed by atoms with Crippen molar-refractivity contribution >= 4 is 34.8 Å². The lowest BCUT2D eigenvalue weighted by molar-refractivity contribution is -0.121. The zero-order chi connectivity index (χ0) is 21.1. The summed E-state index contributed by atoms with van der Waals surface area (Å²) in [7, 11) is 1.30. The Morgan fingerprint density at radius 3 is 2.20 bits per heavy atom. The number of anilines is 3. The first kappa shape index (κ1) is 19.9. The van der Waals surface area contributed by atoms with Gasteiger partial charge in [-0.15, -0.1) is 0 Å². The zero-order valence-electron chi connectivity index (χ0n) is 17.0. The number of benzene rings is 2. The predicted molar refractivity (Wildman–Crippen MR) is 115 cm³/mol. The fraction of sp³-hybridized carbons (Fsp3) is 0.348. The van der Waals surface area contributed by atoms with Gasteiger partial charge in [0.25, 0.3) is 5.91 Å². The highest BCUT2D eigenvalue weighted by Crippen LogP contribution is 2.27. The van der Waals surface area contributed by atoms with Crippen LogP contribution in [-0.4, -0.2) is 44.0 Å². The van der Waals surface area contributed by atoms with E-state index in [0.717, 1.165) is 18.8 Å². The molecule has 0 unspecified atom stereocenters. The van der Waals surface area contributed by atoms with E-state index >= 15 is 0 Å². The van der Waals surface area contributed by atoms with Gasteiger partial charge in [0, 0.05) is 24.5 Å². The lowest BCUT2D eigenvalue weighted by Crippen LogP contribution is -2.34. The Labute approximate surface area is 175 Å². The number of carbonyl (C=O) groups is 3. The summed E-state index contributed by atoms with van der Waals surface area (Å²) in [6.45, 7) is 2.15. The lowest BCUT2D eigenvalue weighted by Gasteiger charge is -2.29. The van der Waals surface area contributed by atoms with Crippen LogP contribution in [0.15, 0.2) is 48.5 Å². The van der Waals surface area contributed by atoms with Crippen LogP contribution in [0.3, 0.4) is 0 Å². The van der Waals surface area contributed by atoms with Gasteiger partial charge in [-0.2, -0.15) is 0 Å². The summed E-state index contributed by atoms with van der Waals surface area (Å²) < 4.78 is 4.67. The van der Waals surface area contributed by atoms with Gasteiger partial charge in [0.15, 0.2) is 0 Å². The number of hydrogen-bond donors (Lipinski definition) is 1. The van der Waals surface area contributed by atoms with Crippen LogP contribution in [0.2, 0.25) is 0 Å². The lowest BCUT2D eigenvalue weighted by atomic mass is 10.1. The fourth-order valence-corrected chi connectivity index (χ4v) is 4.00. The van der Waals surface area contributed by atoms with E-state index in [9.17, 15) is 14.4 Å². The van der Waals surface area contributed by atoms with Crippen LogP contribution in [0, 0.1) is 0 Å². The van der Waals surface area contributed by atoms with Crippen LogP contribution < -0.4 is 15.1 Å². The number of ether oxygens (including phenoxy) is 1. The van der Waals surface area contributed by atoms with E-state index in [-0.39, 0.29) is 18.2 Å². The minimum absolute atomic E-state index is 0.0888. The van der Waals surface area contributed by atoms with Crippen LogP contribution in [0.5, 0.6) is 0 Å². The van der Waals surface area contributed by atoms with E-state index in [4.69, 9.17) is 0 Å². The molecule has 7 nitrogen and oxygen atoms in total. The average molecular weight is 407 g/mol. The average Bonchev–Trinajstić information content (AvgIpc) is 3.07. The number of methoxy groups -OCH3 is 1. The maximum absolute atomic E-state index is 12.9.